The molecule has 1 aliphatic rings. The molecule has 0 fully saturated rings. The van der Waals surface area contributed by atoms with Gasteiger partial charge in [-0.1, -0.05) is 30.3 Å². The van der Waals surface area contributed by atoms with E-state index in [1.807, 2.05) is 42.5 Å². The van der Waals surface area contributed by atoms with Crippen molar-refractivity contribution < 1.29 is 9.47 Å². The van der Waals surface area contributed by atoms with Crippen LogP contribution in [0.5, 0.6) is 11.5 Å². The van der Waals surface area contributed by atoms with Crippen molar-refractivity contribution in [2.45, 2.75) is 25.3 Å². The van der Waals surface area contributed by atoms with Crippen molar-refractivity contribution in [3.05, 3.63) is 59.7 Å². The van der Waals surface area contributed by atoms with E-state index < -0.39 is 0 Å². The maximum Gasteiger partial charge on any atom is 0.123 e. The third-order valence-corrected chi connectivity index (χ3v) is 3.86. The number of benzene rings is 2. The fourth-order valence-corrected chi connectivity index (χ4v) is 2.81. The zero-order valence-electron chi connectivity index (χ0n) is 12.1. The molecule has 1 aliphatic carbocycles. The second kappa shape index (κ2) is 6.64. The van der Waals surface area contributed by atoms with Crippen molar-refractivity contribution >= 4 is 0 Å². The standard InChI is InChI=1S/C18H21NO2/c19-17-10-4-9-16-15(17)8-5-11-18(16)21-13-12-20-14-6-2-1-3-7-14/h1-3,5-8,11,17H,4,9-10,12-13,19H2. The topological polar surface area (TPSA) is 44.5 Å². The van der Waals surface area contributed by atoms with Gasteiger partial charge in [-0.25, -0.2) is 0 Å². The Morgan fingerprint density at radius 3 is 2.62 bits per heavy atom. The van der Waals surface area contributed by atoms with E-state index in [1.54, 1.807) is 0 Å². The molecule has 3 heteroatoms. The molecular formula is C18H21NO2. The van der Waals surface area contributed by atoms with Crippen LogP contribution in [-0.2, 0) is 6.42 Å². The second-order valence-corrected chi connectivity index (χ2v) is 5.33. The SMILES string of the molecule is NC1CCCc2c(OCCOc3ccccc3)cccc21. The largest absolute Gasteiger partial charge is 0.490 e. The van der Waals surface area contributed by atoms with E-state index in [0.29, 0.717) is 13.2 Å². The Labute approximate surface area is 125 Å². The van der Waals surface area contributed by atoms with E-state index >= 15 is 0 Å². The lowest BCUT2D eigenvalue weighted by atomic mass is 9.88. The van der Waals surface area contributed by atoms with E-state index in [0.717, 1.165) is 30.8 Å². The van der Waals surface area contributed by atoms with Gasteiger partial charge in [0.1, 0.15) is 24.7 Å². The maximum absolute atomic E-state index is 6.17. The van der Waals surface area contributed by atoms with E-state index in [1.165, 1.54) is 11.1 Å². The number of nitrogens with two attached hydrogens (primary N) is 1. The van der Waals surface area contributed by atoms with Crippen LogP contribution in [-0.4, -0.2) is 13.2 Å². The molecule has 0 saturated carbocycles. The minimum atomic E-state index is 0.151. The Hall–Kier alpha value is -2.00. The van der Waals surface area contributed by atoms with Gasteiger partial charge < -0.3 is 15.2 Å². The van der Waals surface area contributed by atoms with Gasteiger partial charge in [0.25, 0.3) is 0 Å². The summed E-state index contributed by atoms with van der Waals surface area (Å²) in [4.78, 5) is 0. The Balaban J connectivity index is 1.57. The van der Waals surface area contributed by atoms with E-state index in [9.17, 15) is 0 Å². The molecule has 0 aliphatic heterocycles. The Bertz CT molecular complexity index is 583. The van der Waals surface area contributed by atoms with Gasteiger partial charge in [-0.15, -0.1) is 0 Å². The summed E-state index contributed by atoms with van der Waals surface area (Å²) in [7, 11) is 0. The number of fused-ring (bicyclic) bond motifs is 1. The zero-order chi connectivity index (χ0) is 14.5. The summed E-state index contributed by atoms with van der Waals surface area (Å²) < 4.78 is 11.5. The fraction of sp³-hybridized carbons (Fsp3) is 0.333. The molecule has 3 rings (SSSR count). The van der Waals surface area contributed by atoms with Crippen LogP contribution in [0.1, 0.15) is 30.0 Å². The molecule has 110 valence electrons. The quantitative estimate of drug-likeness (QED) is 0.854. The second-order valence-electron chi connectivity index (χ2n) is 5.33. The molecule has 0 radical (unpaired) electrons. The average molecular weight is 283 g/mol. The van der Waals surface area contributed by atoms with Crippen LogP contribution < -0.4 is 15.2 Å². The predicted octanol–water partition coefficient (Wildman–Crippen LogP) is 3.48. The fourth-order valence-electron chi connectivity index (χ4n) is 2.81. The van der Waals surface area contributed by atoms with Crippen molar-refractivity contribution in [1.29, 1.82) is 0 Å². The van der Waals surface area contributed by atoms with Crippen LogP contribution in [0, 0.1) is 0 Å². The minimum absolute atomic E-state index is 0.151. The first-order chi connectivity index (χ1) is 10.3. The van der Waals surface area contributed by atoms with Gasteiger partial charge in [-0.05, 0) is 48.6 Å². The lowest BCUT2D eigenvalue weighted by Crippen LogP contribution is -2.18. The monoisotopic (exact) mass is 283 g/mol. The van der Waals surface area contributed by atoms with Crippen molar-refractivity contribution in [2.75, 3.05) is 13.2 Å². The van der Waals surface area contributed by atoms with Crippen LogP contribution in [0.15, 0.2) is 48.5 Å². The van der Waals surface area contributed by atoms with E-state index in [4.69, 9.17) is 15.2 Å². The maximum atomic E-state index is 6.17. The molecule has 0 aromatic heterocycles. The normalized spacial score (nSPS) is 17.1. The zero-order valence-corrected chi connectivity index (χ0v) is 12.1. The van der Waals surface area contributed by atoms with Crippen LogP contribution in [0.2, 0.25) is 0 Å². The van der Waals surface area contributed by atoms with Crippen molar-refractivity contribution in [3.63, 3.8) is 0 Å². The number of hydrogen-bond donors (Lipinski definition) is 1. The van der Waals surface area contributed by atoms with Gasteiger partial charge in [0.05, 0.1) is 0 Å². The number of ether oxygens (including phenoxy) is 2. The molecule has 1 atom stereocenters. The summed E-state index contributed by atoms with van der Waals surface area (Å²) in [6.45, 7) is 1.08. The highest BCUT2D eigenvalue weighted by Crippen LogP contribution is 2.33. The van der Waals surface area contributed by atoms with Crippen LogP contribution >= 0.6 is 0 Å². The van der Waals surface area contributed by atoms with E-state index in [-0.39, 0.29) is 6.04 Å². The molecule has 21 heavy (non-hydrogen) atoms. The molecule has 0 heterocycles. The molecule has 0 spiro atoms. The highest BCUT2D eigenvalue weighted by atomic mass is 16.5. The molecule has 2 N–H and O–H groups in total. The van der Waals surface area contributed by atoms with Crippen LogP contribution in [0.3, 0.4) is 0 Å². The number of rotatable bonds is 5. The first-order valence-corrected chi connectivity index (χ1v) is 7.52. The summed E-state index contributed by atoms with van der Waals surface area (Å²) in [6.07, 6.45) is 3.25. The van der Waals surface area contributed by atoms with Crippen LogP contribution in [0.25, 0.3) is 0 Å². The molecule has 0 amide bonds. The molecule has 0 bridgehead atoms. The Morgan fingerprint density at radius 1 is 0.952 bits per heavy atom. The first kappa shape index (κ1) is 14.0. The van der Waals surface area contributed by atoms with Crippen LogP contribution in [0.4, 0.5) is 0 Å². The summed E-state index contributed by atoms with van der Waals surface area (Å²) >= 11 is 0. The summed E-state index contributed by atoms with van der Waals surface area (Å²) in [5.74, 6) is 1.83. The lowest BCUT2D eigenvalue weighted by Gasteiger charge is -2.24. The summed E-state index contributed by atoms with van der Waals surface area (Å²) in [6, 6.07) is 16.1. The molecule has 1 unspecified atom stereocenters. The van der Waals surface area contributed by atoms with Crippen molar-refractivity contribution in [3.8, 4) is 11.5 Å². The number of para-hydroxylation sites is 1. The molecule has 2 aromatic rings. The van der Waals surface area contributed by atoms with Gasteiger partial charge in [-0.2, -0.15) is 0 Å². The third kappa shape index (κ3) is 3.37. The third-order valence-electron chi connectivity index (χ3n) is 3.86. The molecule has 0 saturated heterocycles. The summed E-state index contributed by atoms with van der Waals surface area (Å²) in [5.41, 5.74) is 8.68. The summed E-state index contributed by atoms with van der Waals surface area (Å²) in [5, 5.41) is 0. The lowest BCUT2D eigenvalue weighted by molar-refractivity contribution is 0.215. The minimum Gasteiger partial charge on any atom is -0.490 e. The van der Waals surface area contributed by atoms with E-state index in [2.05, 4.69) is 6.07 Å². The van der Waals surface area contributed by atoms with Gasteiger partial charge in [0, 0.05) is 6.04 Å². The van der Waals surface area contributed by atoms with Crippen molar-refractivity contribution in [2.24, 2.45) is 5.73 Å². The van der Waals surface area contributed by atoms with Gasteiger partial charge in [0.15, 0.2) is 0 Å². The Morgan fingerprint density at radius 2 is 1.76 bits per heavy atom. The first-order valence-electron chi connectivity index (χ1n) is 7.52. The number of hydrogen-bond acceptors (Lipinski definition) is 3. The highest BCUT2D eigenvalue weighted by Gasteiger charge is 2.19. The molecule has 3 nitrogen and oxygen atoms in total. The Kier molecular flexibility index (Phi) is 4.41. The highest BCUT2D eigenvalue weighted by molar-refractivity contribution is 5.43. The molecule has 2 aromatic carbocycles. The average Bonchev–Trinajstić information content (AvgIpc) is 2.53. The molecular weight excluding hydrogens is 262 g/mol. The van der Waals surface area contributed by atoms with Gasteiger partial charge in [-0.3, -0.25) is 0 Å². The smallest absolute Gasteiger partial charge is 0.123 e. The van der Waals surface area contributed by atoms with Gasteiger partial charge >= 0.3 is 0 Å². The van der Waals surface area contributed by atoms with Gasteiger partial charge in [0.2, 0.25) is 0 Å². The predicted molar refractivity (Wildman–Crippen MR) is 83.7 cm³/mol. The van der Waals surface area contributed by atoms with Crippen molar-refractivity contribution in [1.82, 2.24) is 0 Å².